The summed E-state index contributed by atoms with van der Waals surface area (Å²) in [6.45, 7) is 3.73. The van der Waals surface area contributed by atoms with Crippen LogP contribution in [0.4, 0.5) is 4.79 Å². The van der Waals surface area contributed by atoms with E-state index in [2.05, 4.69) is 15.5 Å². The minimum atomic E-state index is -0.834. The average Bonchev–Trinajstić information content (AvgIpc) is 3.20. The second-order valence-electron chi connectivity index (χ2n) is 5.85. The van der Waals surface area contributed by atoms with E-state index in [1.165, 1.54) is 0 Å². The van der Waals surface area contributed by atoms with Crippen LogP contribution in [0.1, 0.15) is 32.5 Å². The van der Waals surface area contributed by atoms with Crippen LogP contribution >= 0.6 is 0 Å². The minimum Gasteiger partial charge on any atom is -0.497 e. The first-order valence-electron chi connectivity index (χ1n) is 8.14. The van der Waals surface area contributed by atoms with Gasteiger partial charge >= 0.3 is 6.03 Å². The Morgan fingerprint density at radius 1 is 1.20 bits per heavy atom. The van der Waals surface area contributed by atoms with Gasteiger partial charge in [-0.05, 0) is 37.1 Å². The van der Waals surface area contributed by atoms with Crippen molar-refractivity contribution in [3.63, 3.8) is 0 Å². The Morgan fingerprint density at radius 3 is 2.44 bits per heavy atom. The van der Waals surface area contributed by atoms with Crippen LogP contribution in [0.2, 0.25) is 0 Å². The number of nitrogens with zero attached hydrogens (tertiary/aromatic N) is 3. The van der Waals surface area contributed by atoms with Crippen molar-refractivity contribution in [3.05, 3.63) is 30.1 Å². The van der Waals surface area contributed by atoms with E-state index in [9.17, 15) is 9.59 Å². The fraction of sp³-hybridized carbons (Fsp3) is 0.412. The lowest BCUT2D eigenvalue weighted by molar-refractivity contribution is -0.132. The summed E-state index contributed by atoms with van der Waals surface area (Å²) in [5.41, 5.74) is -0.104. The van der Waals surface area contributed by atoms with E-state index in [0.717, 1.165) is 16.2 Å². The van der Waals surface area contributed by atoms with E-state index >= 15 is 0 Å². The molecule has 25 heavy (non-hydrogen) atoms. The molecule has 1 N–H and O–H groups in total. The van der Waals surface area contributed by atoms with Crippen LogP contribution in [0.25, 0.3) is 11.5 Å². The molecule has 1 aliphatic heterocycles. The van der Waals surface area contributed by atoms with Crippen molar-refractivity contribution < 1.29 is 18.8 Å². The molecule has 8 heteroatoms. The predicted octanol–water partition coefficient (Wildman–Crippen LogP) is 2.36. The van der Waals surface area contributed by atoms with Gasteiger partial charge in [0.15, 0.2) is 5.82 Å². The molecule has 1 fully saturated rings. The highest BCUT2D eigenvalue weighted by Crippen LogP contribution is 2.26. The molecule has 0 unspecified atom stereocenters. The van der Waals surface area contributed by atoms with Crippen molar-refractivity contribution in [1.29, 1.82) is 0 Å². The Balaban J connectivity index is 1.77. The molecule has 0 bridgehead atoms. The van der Waals surface area contributed by atoms with Crippen LogP contribution in [0.3, 0.4) is 0 Å². The molecule has 1 aliphatic rings. The SMILES string of the molecule is CCC1(CC)NC(=O)N(Cc2noc(-c3ccc(OC)cc3)n2)C1=O. The Morgan fingerprint density at radius 2 is 1.88 bits per heavy atom. The van der Waals surface area contributed by atoms with Crippen LogP contribution in [-0.2, 0) is 11.3 Å². The first-order valence-corrected chi connectivity index (χ1v) is 8.14. The van der Waals surface area contributed by atoms with Gasteiger partial charge in [0, 0.05) is 5.56 Å². The molecular weight excluding hydrogens is 324 g/mol. The van der Waals surface area contributed by atoms with Crippen molar-refractivity contribution in [2.45, 2.75) is 38.8 Å². The van der Waals surface area contributed by atoms with Crippen molar-refractivity contribution >= 4 is 11.9 Å². The number of hydrogen-bond donors (Lipinski definition) is 1. The molecule has 132 valence electrons. The number of carbonyl (C=O) groups is 2. The summed E-state index contributed by atoms with van der Waals surface area (Å²) in [6.07, 6.45) is 1.07. The van der Waals surface area contributed by atoms with Crippen LogP contribution in [0.5, 0.6) is 5.75 Å². The lowest BCUT2D eigenvalue weighted by atomic mass is 9.93. The monoisotopic (exact) mass is 344 g/mol. The predicted molar refractivity (Wildman–Crippen MR) is 88.7 cm³/mol. The fourth-order valence-electron chi connectivity index (χ4n) is 2.86. The number of aromatic nitrogens is 2. The largest absolute Gasteiger partial charge is 0.497 e. The van der Waals surface area contributed by atoms with Gasteiger partial charge in [0.25, 0.3) is 11.8 Å². The summed E-state index contributed by atoms with van der Waals surface area (Å²) < 4.78 is 10.3. The highest BCUT2D eigenvalue weighted by Gasteiger charge is 2.48. The maximum Gasteiger partial charge on any atom is 0.325 e. The molecule has 0 spiro atoms. The van der Waals surface area contributed by atoms with Gasteiger partial charge in [-0.3, -0.25) is 9.69 Å². The van der Waals surface area contributed by atoms with Crippen LogP contribution in [-0.4, -0.2) is 39.6 Å². The Hall–Kier alpha value is -2.90. The number of imide groups is 1. The zero-order valence-electron chi connectivity index (χ0n) is 14.4. The second kappa shape index (κ2) is 6.54. The van der Waals surface area contributed by atoms with Crippen LogP contribution in [0, 0.1) is 0 Å². The number of carbonyl (C=O) groups excluding carboxylic acids is 2. The van der Waals surface area contributed by atoms with Gasteiger partial charge in [0.1, 0.15) is 11.3 Å². The molecule has 0 aliphatic carbocycles. The number of rotatable bonds is 6. The number of urea groups is 1. The molecule has 0 saturated carbocycles. The van der Waals surface area contributed by atoms with E-state index in [1.54, 1.807) is 31.4 Å². The van der Waals surface area contributed by atoms with E-state index in [4.69, 9.17) is 9.26 Å². The first kappa shape index (κ1) is 16.9. The maximum atomic E-state index is 12.6. The average molecular weight is 344 g/mol. The minimum absolute atomic E-state index is 0.0218. The van der Waals surface area contributed by atoms with Gasteiger partial charge in [0.05, 0.1) is 13.7 Å². The Bertz CT molecular complexity index is 780. The fourth-order valence-corrected chi connectivity index (χ4v) is 2.86. The summed E-state index contributed by atoms with van der Waals surface area (Å²) in [7, 11) is 1.59. The van der Waals surface area contributed by atoms with Gasteiger partial charge in [-0.2, -0.15) is 4.98 Å². The molecule has 1 saturated heterocycles. The Kier molecular flexibility index (Phi) is 4.43. The zero-order chi connectivity index (χ0) is 18.0. The lowest BCUT2D eigenvalue weighted by Gasteiger charge is -2.22. The molecule has 1 aromatic carbocycles. The first-order chi connectivity index (χ1) is 12.0. The molecule has 3 amide bonds. The third kappa shape index (κ3) is 2.95. The molecule has 2 aromatic rings. The number of hydrogen-bond acceptors (Lipinski definition) is 6. The van der Waals surface area contributed by atoms with E-state index in [0.29, 0.717) is 18.7 Å². The third-order valence-corrected chi connectivity index (χ3v) is 4.56. The molecule has 3 rings (SSSR count). The normalized spacial score (nSPS) is 16.2. The quantitative estimate of drug-likeness (QED) is 0.808. The topological polar surface area (TPSA) is 97.6 Å². The van der Waals surface area contributed by atoms with Crippen molar-refractivity contribution in [1.82, 2.24) is 20.4 Å². The molecule has 0 atom stereocenters. The standard InChI is InChI=1S/C17H20N4O4/c1-4-17(5-2)15(22)21(16(23)19-17)10-13-18-14(25-20-13)11-6-8-12(24-3)9-7-11/h6-9H,4-5,10H2,1-3H3,(H,19,23). The third-order valence-electron chi connectivity index (χ3n) is 4.56. The molecule has 2 heterocycles. The van der Waals surface area contributed by atoms with Gasteiger partial charge < -0.3 is 14.6 Å². The maximum absolute atomic E-state index is 12.6. The zero-order valence-corrected chi connectivity index (χ0v) is 14.4. The molecule has 0 radical (unpaired) electrons. The van der Waals surface area contributed by atoms with E-state index in [1.807, 2.05) is 13.8 Å². The molecular formula is C17H20N4O4. The highest BCUT2D eigenvalue weighted by atomic mass is 16.5. The van der Waals surface area contributed by atoms with Crippen LogP contribution < -0.4 is 10.1 Å². The van der Waals surface area contributed by atoms with Crippen molar-refractivity contribution in [2.24, 2.45) is 0 Å². The number of nitrogens with one attached hydrogen (secondary N) is 1. The van der Waals surface area contributed by atoms with Gasteiger partial charge in [-0.15, -0.1) is 0 Å². The van der Waals surface area contributed by atoms with E-state index < -0.39 is 11.6 Å². The van der Waals surface area contributed by atoms with E-state index in [-0.39, 0.29) is 18.3 Å². The lowest BCUT2D eigenvalue weighted by Crippen LogP contribution is -2.45. The summed E-state index contributed by atoms with van der Waals surface area (Å²) in [5.74, 6) is 1.07. The summed E-state index contributed by atoms with van der Waals surface area (Å²) in [4.78, 5) is 30.2. The Labute approximate surface area is 145 Å². The molecule has 8 nitrogen and oxygen atoms in total. The second-order valence-corrected chi connectivity index (χ2v) is 5.85. The van der Waals surface area contributed by atoms with Crippen molar-refractivity contribution in [3.8, 4) is 17.2 Å². The highest BCUT2D eigenvalue weighted by molar-refractivity contribution is 6.06. The summed E-state index contributed by atoms with van der Waals surface area (Å²) >= 11 is 0. The number of methoxy groups -OCH3 is 1. The number of benzene rings is 1. The van der Waals surface area contributed by atoms with Gasteiger partial charge in [-0.1, -0.05) is 19.0 Å². The molecule has 1 aromatic heterocycles. The number of amides is 3. The number of ether oxygens (including phenoxy) is 1. The van der Waals surface area contributed by atoms with Crippen molar-refractivity contribution in [2.75, 3.05) is 7.11 Å². The smallest absolute Gasteiger partial charge is 0.325 e. The summed E-state index contributed by atoms with van der Waals surface area (Å²) in [5, 5.41) is 6.65. The van der Waals surface area contributed by atoms with Gasteiger partial charge in [-0.25, -0.2) is 4.79 Å². The summed E-state index contributed by atoms with van der Waals surface area (Å²) in [6, 6.07) is 6.73. The van der Waals surface area contributed by atoms with Crippen LogP contribution in [0.15, 0.2) is 28.8 Å². The van der Waals surface area contributed by atoms with Gasteiger partial charge in [0.2, 0.25) is 0 Å².